The average molecular weight is 267 g/mol. The van der Waals surface area contributed by atoms with Gasteiger partial charge in [-0.2, -0.15) is 5.26 Å². The predicted octanol–water partition coefficient (Wildman–Crippen LogP) is 2.09. The molecule has 0 fully saturated rings. The van der Waals surface area contributed by atoms with Crippen molar-refractivity contribution in [2.75, 3.05) is 18.1 Å². The summed E-state index contributed by atoms with van der Waals surface area (Å²) in [5.41, 5.74) is 1.13. The second kappa shape index (κ2) is 7.02. The number of ether oxygens (including phenoxy) is 1. The van der Waals surface area contributed by atoms with Crippen LogP contribution in [0.2, 0.25) is 0 Å². The molecule has 0 radical (unpaired) electrons. The Morgan fingerprint density at radius 3 is 2.78 bits per heavy atom. The van der Waals surface area contributed by atoms with Gasteiger partial charge in [0.2, 0.25) is 0 Å². The molecule has 0 N–H and O–H groups in total. The summed E-state index contributed by atoms with van der Waals surface area (Å²) in [6.07, 6.45) is 1.19. The molecule has 18 heavy (non-hydrogen) atoms. The van der Waals surface area contributed by atoms with E-state index >= 15 is 0 Å². The molecule has 1 aromatic carbocycles. The summed E-state index contributed by atoms with van der Waals surface area (Å²) >= 11 is 0. The van der Waals surface area contributed by atoms with Crippen LogP contribution in [-0.4, -0.2) is 26.5 Å². The molecule has 1 aromatic rings. The highest BCUT2D eigenvalue weighted by Crippen LogP contribution is 2.12. The van der Waals surface area contributed by atoms with E-state index in [9.17, 15) is 8.42 Å². The van der Waals surface area contributed by atoms with E-state index in [-0.39, 0.29) is 5.75 Å². The molecule has 5 heteroatoms. The molecule has 0 saturated carbocycles. The molecule has 0 saturated heterocycles. The monoisotopic (exact) mass is 267 g/mol. The lowest BCUT2D eigenvalue weighted by Gasteiger charge is -2.06. The van der Waals surface area contributed by atoms with Gasteiger partial charge in [-0.05, 0) is 37.5 Å². The molecule has 0 aliphatic rings. The molecular weight excluding hydrogens is 250 g/mol. The number of nitriles is 1. The van der Waals surface area contributed by atoms with Crippen molar-refractivity contribution in [2.24, 2.45) is 0 Å². The Morgan fingerprint density at radius 2 is 2.11 bits per heavy atom. The summed E-state index contributed by atoms with van der Waals surface area (Å²) in [7, 11) is -3.20. The summed E-state index contributed by atoms with van der Waals surface area (Å²) < 4.78 is 28.0. The number of rotatable bonds is 7. The predicted molar refractivity (Wildman–Crippen MR) is 70.2 cm³/mol. The third kappa shape index (κ3) is 5.69. The van der Waals surface area contributed by atoms with Gasteiger partial charge in [0, 0.05) is 0 Å². The Bertz CT molecular complexity index is 517. The SMILES string of the molecule is Cc1cccc(OCCCCS(=O)(=O)CC#N)c1. The van der Waals surface area contributed by atoms with Crippen molar-refractivity contribution < 1.29 is 13.2 Å². The van der Waals surface area contributed by atoms with E-state index in [1.807, 2.05) is 31.2 Å². The highest BCUT2D eigenvalue weighted by molar-refractivity contribution is 7.91. The number of nitrogens with zero attached hydrogens (tertiary/aromatic N) is 1. The van der Waals surface area contributed by atoms with Crippen molar-refractivity contribution in [3.05, 3.63) is 29.8 Å². The topological polar surface area (TPSA) is 67.2 Å². The first-order valence-electron chi connectivity index (χ1n) is 5.80. The number of hydrogen-bond donors (Lipinski definition) is 0. The van der Waals surface area contributed by atoms with E-state index in [0.29, 0.717) is 19.4 Å². The second-order valence-corrected chi connectivity index (χ2v) is 6.31. The zero-order chi connectivity index (χ0) is 13.4. The van der Waals surface area contributed by atoms with Crippen LogP contribution in [0.1, 0.15) is 18.4 Å². The molecule has 4 nitrogen and oxygen atoms in total. The summed E-state index contributed by atoms with van der Waals surface area (Å²) in [6.45, 7) is 2.48. The fourth-order valence-electron chi connectivity index (χ4n) is 1.49. The van der Waals surface area contributed by atoms with Crippen LogP contribution in [0, 0.1) is 18.3 Å². The molecular formula is C13H17NO3S. The first kappa shape index (κ1) is 14.5. The van der Waals surface area contributed by atoms with Gasteiger partial charge >= 0.3 is 0 Å². The van der Waals surface area contributed by atoms with E-state index in [1.165, 1.54) is 0 Å². The van der Waals surface area contributed by atoms with Crippen LogP contribution in [0.4, 0.5) is 0 Å². The summed E-state index contributed by atoms with van der Waals surface area (Å²) in [5.74, 6) is 0.457. The summed E-state index contributed by atoms with van der Waals surface area (Å²) in [4.78, 5) is 0. The van der Waals surface area contributed by atoms with Gasteiger partial charge in [-0.25, -0.2) is 8.42 Å². The molecule has 0 spiro atoms. The van der Waals surface area contributed by atoms with E-state index in [2.05, 4.69) is 0 Å². The average Bonchev–Trinajstić information content (AvgIpc) is 2.28. The largest absolute Gasteiger partial charge is 0.494 e. The van der Waals surface area contributed by atoms with E-state index in [4.69, 9.17) is 10.00 Å². The summed E-state index contributed by atoms with van der Waals surface area (Å²) in [5, 5.41) is 8.33. The lowest BCUT2D eigenvalue weighted by Crippen LogP contribution is -2.10. The fraction of sp³-hybridized carbons (Fsp3) is 0.462. The van der Waals surface area contributed by atoms with Crippen LogP contribution in [0.3, 0.4) is 0 Å². The number of hydrogen-bond acceptors (Lipinski definition) is 4. The van der Waals surface area contributed by atoms with Crippen molar-refractivity contribution in [3.8, 4) is 11.8 Å². The normalized spacial score (nSPS) is 10.9. The van der Waals surface area contributed by atoms with Gasteiger partial charge in [-0.15, -0.1) is 0 Å². The Hall–Kier alpha value is -1.54. The van der Waals surface area contributed by atoms with E-state index < -0.39 is 15.6 Å². The molecule has 0 bridgehead atoms. The number of benzene rings is 1. The molecule has 0 atom stereocenters. The zero-order valence-corrected chi connectivity index (χ0v) is 11.2. The molecule has 0 aliphatic heterocycles. The maximum atomic E-state index is 11.2. The van der Waals surface area contributed by atoms with Crippen LogP contribution in [0.15, 0.2) is 24.3 Å². The minimum Gasteiger partial charge on any atom is -0.494 e. The Labute approximate surface area is 108 Å². The summed E-state index contributed by atoms with van der Waals surface area (Å²) in [6, 6.07) is 9.38. The van der Waals surface area contributed by atoms with Gasteiger partial charge < -0.3 is 4.74 Å². The third-order valence-corrected chi connectivity index (χ3v) is 3.87. The molecule has 0 aliphatic carbocycles. The third-order valence-electron chi connectivity index (χ3n) is 2.39. The van der Waals surface area contributed by atoms with Crippen molar-refractivity contribution in [1.82, 2.24) is 0 Å². The Balaban J connectivity index is 2.22. The van der Waals surface area contributed by atoms with Gasteiger partial charge in [-0.3, -0.25) is 0 Å². The van der Waals surface area contributed by atoms with Crippen molar-refractivity contribution >= 4 is 9.84 Å². The van der Waals surface area contributed by atoms with Crippen LogP contribution in [0.5, 0.6) is 5.75 Å². The lowest BCUT2D eigenvalue weighted by molar-refractivity contribution is 0.309. The van der Waals surface area contributed by atoms with Crippen LogP contribution < -0.4 is 4.74 Å². The first-order chi connectivity index (χ1) is 8.53. The van der Waals surface area contributed by atoms with Crippen LogP contribution >= 0.6 is 0 Å². The molecule has 98 valence electrons. The van der Waals surface area contributed by atoms with Gasteiger partial charge in [0.25, 0.3) is 0 Å². The quantitative estimate of drug-likeness (QED) is 0.709. The highest BCUT2D eigenvalue weighted by atomic mass is 32.2. The molecule has 0 amide bonds. The smallest absolute Gasteiger partial charge is 0.163 e. The zero-order valence-electron chi connectivity index (χ0n) is 10.4. The minimum absolute atomic E-state index is 0.0533. The maximum absolute atomic E-state index is 11.2. The fourth-order valence-corrected chi connectivity index (χ4v) is 2.47. The Morgan fingerprint density at radius 1 is 1.33 bits per heavy atom. The number of sulfone groups is 1. The minimum atomic E-state index is -3.20. The lowest BCUT2D eigenvalue weighted by atomic mass is 10.2. The van der Waals surface area contributed by atoms with Crippen molar-refractivity contribution in [2.45, 2.75) is 19.8 Å². The molecule has 0 aromatic heterocycles. The standard InChI is InChI=1S/C13H17NO3S/c1-12-5-4-6-13(11-12)17-8-2-3-9-18(15,16)10-7-14/h4-6,11H,2-3,8-10H2,1H3. The van der Waals surface area contributed by atoms with E-state index in [1.54, 1.807) is 6.07 Å². The van der Waals surface area contributed by atoms with Gasteiger partial charge in [0.1, 0.15) is 11.5 Å². The molecule has 1 rings (SSSR count). The number of aryl methyl sites for hydroxylation is 1. The van der Waals surface area contributed by atoms with Crippen LogP contribution in [0.25, 0.3) is 0 Å². The molecule has 0 unspecified atom stereocenters. The van der Waals surface area contributed by atoms with E-state index in [0.717, 1.165) is 11.3 Å². The Kier molecular flexibility index (Phi) is 5.66. The van der Waals surface area contributed by atoms with Crippen LogP contribution in [-0.2, 0) is 9.84 Å². The van der Waals surface area contributed by atoms with Gasteiger partial charge in [0.15, 0.2) is 9.84 Å². The second-order valence-electron chi connectivity index (χ2n) is 4.12. The van der Waals surface area contributed by atoms with Crippen molar-refractivity contribution in [3.63, 3.8) is 0 Å². The number of unbranched alkanes of at least 4 members (excludes halogenated alkanes) is 1. The molecule has 0 heterocycles. The van der Waals surface area contributed by atoms with Gasteiger partial charge in [-0.1, -0.05) is 12.1 Å². The first-order valence-corrected chi connectivity index (χ1v) is 7.62. The van der Waals surface area contributed by atoms with Gasteiger partial charge in [0.05, 0.1) is 18.4 Å². The highest BCUT2D eigenvalue weighted by Gasteiger charge is 2.08. The maximum Gasteiger partial charge on any atom is 0.163 e. The van der Waals surface area contributed by atoms with Crippen molar-refractivity contribution in [1.29, 1.82) is 5.26 Å².